The van der Waals surface area contributed by atoms with Gasteiger partial charge in [-0.05, 0) is 31.0 Å². The van der Waals surface area contributed by atoms with Crippen molar-refractivity contribution in [1.29, 1.82) is 0 Å². The Morgan fingerprint density at radius 2 is 2.05 bits per heavy atom. The third-order valence-corrected chi connectivity index (χ3v) is 4.71. The average Bonchev–Trinajstić information content (AvgIpc) is 2.79. The van der Waals surface area contributed by atoms with Gasteiger partial charge in [-0.3, -0.25) is 0 Å². The summed E-state index contributed by atoms with van der Waals surface area (Å²) in [5.41, 5.74) is 0.232. The molecule has 0 aromatic heterocycles. The zero-order valence-electron chi connectivity index (χ0n) is 10.2. The van der Waals surface area contributed by atoms with Gasteiger partial charge in [-0.2, -0.15) is 8.42 Å². The van der Waals surface area contributed by atoms with E-state index < -0.39 is 15.8 Å². The van der Waals surface area contributed by atoms with E-state index in [9.17, 15) is 12.8 Å². The van der Waals surface area contributed by atoms with Gasteiger partial charge in [0.25, 0.3) is 10.0 Å². The summed E-state index contributed by atoms with van der Waals surface area (Å²) in [5.74, 6) is -0.298. The number of guanidine groups is 1. The number of nitrogens with one attached hydrogen (secondary N) is 2. The van der Waals surface area contributed by atoms with E-state index in [1.54, 1.807) is 0 Å². The monoisotopic (exact) mass is 283 g/mol. The molecular formula is C12H14FN3O2S. The van der Waals surface area contributed by atoms with Crippen molar-refractivity contribution >= 4 is 21.7 Å². The van der Waals surface area contributed by atoms with Gasteiger partial charge in [0.15, 0.2) is 0 Å². The third kappa shape index (κ3) is 2.42. The van der Waals surface area contributed by atoms with Crippen LogP contribution in [0, 0.1) is 5.82 Å². The summed E-state index contributed by atoms with van der Waals surface area (Å²) in [6.45, 7) is 0. The van der Waals surface area contributed by atoms with Crippen LogP contribution in [0.25, 0.3) is 0 Å². The Morgan fingerprint density at radius 1 is 1.32 bits per heavy atom. The van der Waals surface area contributed by atoms with Crippen molar-refractivity contribution in [2.24, 2.45) is 4.40 Å². The van der Waals surface area contributed by atoms with E-state index in [1.807, 2.05) is 0 Å². The molecule has 7 heteroatoms. The lowest BCUT2D eigenvalue weighted by molar-refractivity contribution is 0.593. The van der Waals surface area contributed by atoms with E-state index in [-0.39, 0.29) is 22.6 Å². The van der Waals surface area contributed by atoms with Gasteiger partial charge in [-0.1, -0.05) is 12.8 Å². The van der Waals surface area contributed by atoms with Gasteiger partial charge in [-0.15, -0.1) is 4.40 Å². The molecule has 1 aliphatic carbocycles. The van der Waals surface area contributed by atoms with Crippen LogP contribution in [-0.2, 0) is 10.0 Å². The average molecular weight is 283 g/mol. The standard InChI is InChI=1S/C12H14FN3O2S/c13-8-5-6-11-10(7-8)15-12(16-19(11,17)18)14-9-3-1-2-4-9/h5-7,9H,1-4H2,(H2,14,15,16). The van der Waals surface area contributed by atoms with Crippen LogP contribution < -0.4 is 10.6 Å². The molecule has 0 radical (unpaired) electrons. The summed E-state index contributed by atoms with van der Waals surface area (Å²) in [7, 11) is -3.75. The Labute approximate surface area is 111 Å². The van der Waals surface area contributed by atoms with Gasteiger partial charge >= 0.3 is 0 Å². The molecule has 0 amide bonds. The first-order chi connectivity index (χ1) is 9.04. The van der Waals surface area contributed by atoms with Gasteiger partial charge < -0.3 is 10.6 Å². The Balaban J connectivity index is 1.91. The predicted octanol–water partition coefficient (Wildman–Crippen LogP) is 1.83. The minimum Gasteiger partial charge on any atom is -0.352 e. The van der Waals surface area contributed by atoms with Crippen molar-refractivity contribution < 1.29 is 12.8 Å². The molecule has 1 heterocycles. The molecule has 1 aliphatic heterocycles. The van der Waals surface area contributed by atoms with Crippen LogP contribution in [0.4, 0.5) is 10.1 Å². The van der Waals surface area contributed by atoms with E-state index in [4.69, 9.17) is 0 Å². The second kappa shape index (κ2) is 4.48. The molecule has 5 nitrogen and oxygen atoms in total. The predicted molar refractivity (Wildman–Crippen MR) is 70.0 cm³/mol. The quantitative estimate of drug-likeness (QED) is 0.825. The Hall–Kier alpha value is -1.63. The lowest BCUT2D eigenvalue weighted by Gasteiger charge is -2.21. The number of nitrogens with zero attached hydrogens (tertiary/aromatic N) is 1. The Morgan fingerprint density at radius 3 is 2.79 bits per heavy atom. The van der Waals surface area contributed by atoms with Crippen LogP contribution in [0.3, 0.4) is 0 Å². The highest BCUT2D eigenvalue weighted by Crippen LogP contribution is 2.28. The fourth-order valence-corrected chi connectivity index (χ4v) is 3.54. The zero-order chi connectivity index (χ0) is 13.5. The van der Waals surface area contributed by atoms with Crippen molar-refractivity contribution in [3.05, 3.63) is 24.0 Å². The van der Waals surface area contributed by atoms with Crippen LogP contribution >= 0.6 is 0 Å². The third-order valence-electron chi connectivity index (χ3n) is 3.38. The van der Waals surface area contributed by atoms with Crippen molar-refractivity contribution in [3.8, 4) is 0 Å². The summed E-state index contributed by atoms with van der Waals surface area (Å²) in [4.78, 5) is 0.00544. The van der Waals surface area contributed by atoms with Crippen molar-refractivity contribution in [2.45, 2.75) is 36.6 Å². The van der Waals surface area contributed by atoms with Crippen LogP contribution in [-0.4, -0.2) is 20.4 Å². The number of anilines is 1. The van der Waals surface area contributed by atoms with Gasteiger partial charge in [0.2, 0.25) is 5.96 Å². The SMILES string of the molecule is O=S1(=O)N=C(NC2CCCC2)Nc2cc(F)ccc21. The smallest absolute Gasteiger partial charge is 0.287 e. The molecular weight excluding hydrogens is 269 g/mol. The van der Waals surface area contributed by atoms with Crippen LogP contribution in [0.2, 0.25) is 0 Å². The number of fused-ring (bicyclic) bond motifs is 1. The fraction of sp³-hybridized carbons (Fsp3) is 0.417. The number of hydrogen-bond donors (Lipinski definition) is 2. The molecule has 1 saturated carbocycles. The van der Waals surface area contributed by atoms with E-state index >= 15 is 0 Å². The van der Waals surface area contributed by atoms with Crippen LogP contribution in [0.1, 0.15) is 25.7 Å². The molecule has 2 N–H and O–H groups in total. The zero-order valence-corrected chi connectivity index (χ0v) is 11.0. The minimum absolute atomic E-state index is 0.00544. The molecule has 0 spiro atoms. The highest BCUT2D eigenvalue weighted by Gasteiger charge is 2.27. The summed E-state index contributed by atoms with van der Waals surface area (Å²) in [6, 6.07) is 3.74. The molecule has 0 atom stereocenters. The van der Waals surface area contributed by atoms with Crippen molar-refractivity contribution in [2.75, 3.05) is 5.32 Å². The van der Waals surface area contributed by atoms with E-state index in [2.05, 4.69) is 15.0 Å². The highest BCUT2D eigenvalue weighted by molar-refractivity contribution is 7.90. The fourth-order valence-electron chi connectivity index (χ4n) is 2.47. The number of sulfonamides is 1. The normalized spacial score (nSPS) is 21.4. The van der Waals surface area contributed by atoms with E-state index in [1.165, 1.54) is 6.07 Å². The summed E-state index contributed by atoms with van der Waals surface area (Å²) in [5, 5.41) is 5.91. The Kier molecular flexibility index (Phi) is 2.93. The van der Waals surface area contributed by atoms with E-state index in [0.29, 0.717) is 0 Å². The molecule has 3 rings (SSSR count). The lowest BCUT2D eigenvalue weighted by atomic mass is 10.2. The van der Waals surface area contributed by atoms with Crippen molar-refractivity contribution in [1.82, 2.24) is 5.32 Å². The lowest BCUT2D eigenvalue weighted by Crippen LogP contribution is -2.40. The van der Waals surface area contributed by atoms with Crippen LogP contribution in [0.15, 0.2) is 27.5 Å². The number of halogens is 1. The number of rotatable bonds is 1. The molecule has 19 heavy (non-hydrogen) atoms. The van der Waals surface area contributed by atoms with Gasteiger partial charge in [0.1, 0.15) is 10.7 Å². The maximum absolute atomic E-state index is 13.2. The molecule has 0 unspecified atom stereocenters. The maximum Gasteiger partial charge on any atom is 0.287 e. The number of benzene rings is 1. The second-order valence-corrected chi connectivity index (χ2v) is 6.38. The molecule has 1 fully saturated rings. The highest BCUT2D eigenvalue weighted by atomic mass is 32.2. The maximum atomic E-state index is 13.2. The summed E-state index contributed by atoms with van der Waals surface area (Å²) in [6.07, 6.45) is 4.25. The molecule has 0 saturated heterocycles. The molecule has 0 bridgehead atoms. The summed E-state index contributed by atoms with van der Waals surface area (Å²) >= 11 is 0. The van der Waals surface area contributed by atoms with E-state index in [0.717, 1.165) is 37.8 Å². The van der Waals surface area contributed by atoms with Crippen LogP contribution in [0.5, 0.6) is 0 Å². The topological polar surface area (TPSA) is 70.6 Å². The van der Waals surface area contributed by atoms with Gasteiger partial charge in [-0.25, -0.2) is 4.39 Å². The molecule has 2 aliphatic rings. The number of hydrogen-bond acceptors (Lipinski definition) is 4. The Bertz CT molecular complexity index is 636. The molecule has 1 aromatic rings. The minimum atomic E-state index is -3.75. The molecule has 1 aromatic carbocycles. The summed E-state index contributed by atoms with van der Waals surface area (Å²) < 4.78 is 40.8. The van der Waals surface area contributed by atoms with Gasteiger partial charge in [0.05, 0.1) is 5.69 Å². The van der Waals surface area contributed by atoms with Gasteiger partial charge in [0, 0.05) is 6.04 Å². The first-order valence-corrected chi connectivity index (χ1v) is 7.67. The van der Waals surface area contributed by atoms with Crippen molar-refractivity contribution in [3.63, 3.8) is 0 Å². The molecule has 102 valence electrons. The first kappa shape index (κ1) is 12.4. The largest absolute Gasteiger partial charge is 0.352 e. The second-order valence-electron chi connectivity index (χ2n) is 4.81. The first-order valence-electron chi connectivity index (χ1n) is 6.23.